The van der Waals surface area contributed by atoms with Gasteiger partial charge < -0.3 is 9.47 Å². The second-order valence-electron chi connectivity index (χ2n) is 8.73. The second kappa shape index (κ2) is 4.66. The molecule has 4 nitrogen and oxygen atoms in total. The summed E-state index contributed by atoms with van der Waals surface area (Å²) in [4.78, 5) is 15.5. The minimum Gasteiger partial charge on any atom is -0.481 e. The Morgan fingerprint density at radius 3 is 3.00 bits per heavy atom. The molecule has 2 aliphatic heterocycles. The molecule has 0 N–H and O–H groups in total. The molecule has 1 aromatic rings. The number of ether oxygens (including phenoxy) is 2. The zero-order valence-electron chi connectivity index (χ0n) is 14.8. The minimum atomic E-state index is -0.344. The zero-order chi connectivity index (χ0) is 16.8. The van der Waals surface area contributed by atoms with E-state index < -0.39 is 0 Å². The first-order chi connectivity index (χ1) is 12.2. The van der Waals surface area contributed by atoms with Crippen LogP contribution < -0.4 is 4.74 Å². The van der Waals surface area contributed by atoms with Crippen molar-refractivity contribution >= 4 is 5.78 Å². The van der Waals surface area contributed by atoms with Crippen molar-refractivity contribution in [2.45, 2.75) is 61.7 Å². The standard InChI is InChI=1S/C21H25NO3/c1-24-21-8-7-15(23)19-20(21)9-10-22(12-13-5-6-13)17(21)11-14-3-2-4-16(25-19)18(14)20/h2-4,13,17,19H,5-12H2,1H3/t17-,19+,20+,21-/m1/s1. The number of carbonyl (C=O) groups is 1. The Bertz CT molecular complexity index is 772. The van der Waals surface area contributed by atoms with Gasteiger partial charge in [0, 0.05) is 31.7 Å². The van der Waals surface area contributed by atoms with Crippen molar-refractivity contribution in [3.05, 3.63) is 29.3 Å². The van der Waals surface area contributed by atoms with Gasteiger partial charge in [0.2, 0.25) is 0 Å². The van der Waals surface area contributed by atoms with Gasteiger partial charge in [-0.1, -0.05) is 12.1 Å². The van der Waals surface area contributed by atoms with Crippen LogP contribution in [0, 0.1) is 5.92 Å². The normalized spacial score (nSPS) is 41.4. The third-order valence-corrected chi connectivity index (χ3v) is 7.78. The van der Waals surface area contributed by atoms with Crippen molar-refractivity contribution < 1.29 is 14.3 Å². The molecule has 4 heteroatoms. The van der Waals surface area contributed by atoms with Crippen LogP contribution in [-0.2, 0) is 21.4 Å². The molecule has 2 bridgehead atoms. The quantitative estimate of drug-likeness (QED) is 0.848. The predicted octanol–water partition coefficient (Wildman–Crippen LogP) is 2.47. The van der Waals surface area contributed by atoms with E-state index in [9.17, 15) is 4.79 Å². The van der Waals surface area contributed by atoms with E-state index >= 15 is 0 Å². The number of rotatable bonds is 3. The van der Waals surface area contributed by atoms with E-state index in [1.807, 2.05) is 7.11 Å². The van der Waals surface area contributed by atoms with Crippen LogP contribution in [0.4, 0.5) is 0 Å². The van der Waals surface area contributed by atoms with E-state index in [0.717, 1.165) is 37.5 Å². The number of Topliss-reactive ketones (excluding diaryl/α,β-unsaturated/α-hetero) is 1. The molecule has 0 aromatic heterocycles. The molecular weight excluding hydrogens is 314 g/mol. The fourth-order valence-corrected chi connectivity index (χ4v) is 6.62. The maximum absolute atomic E-state index is 12.9. The van der Waals surface area contributed by atoms with Crippen LogP contribution in [0.2, 0.25) is 0 Å². The molecule has 5 aliphatic rings. The number of nitrogens with zero attached hydrogens (tertiary/aromatic N) is 1. The highest BCUT2D eigenvalue weighted by Crippen LogP contribution is 2.64. The predicted molar refractivity (Wildman–Crippen MR) is 92.9 cm³/mol. The average Bonchev–Trinajstić information content (AvgIpc) is 3.37. The summed E-state index contributed by atoms with van der Waals surface area (Å²) < 4.78 is 12.7. The van der Waals surface area contributed by atoms with Gasteiger partial charge in [0.1, 0.15) is 5.75 Å². The van der Waals surface area contributed by atoms with E-state index in [2.05, 4.69) is 23.1 Å². The van der Waals surface area contributed by atoms with Gasteiger partial charge in [-0.05, 0) is 56.2 Å². The summed E-state index contributed by atoms with van der Waals surface area (Å²) in [5.41, 5.74) is 2.13. The fourth-order valence-electron chi connectivity index (χ4n) is 6.62. The third-order valence-electron chi connectivity index (χ3n) is 7.78. The largest absolute Gasteiger partial charge is 0.481 e. The Labute approximate surface area is 148 Å². The molecule has 2 saturated carbocycles. The topological polar surface area (TPSA) is 38.8 Å². The first kappa shape index (κ1) is 14.7. The summed E-state index contributed by atoms with van der Waals surface area (Å²) >= 11 is 0. The lowest BCUT2D eigenvalue weighted by Gasteiger charge is -2.64. The van der Waals surface area contributed by atoms with Gasteiger partial charge in [0.15, 0.2) is 11.9 Å². The summed E-state index contributed by atoms with van der Waals surface area (Å²) in [5, 5.41) is 0. The Kier molecular flexibility index (Phi) is 2.75. The lowest BCUT2D eigenvalue weighted by atomic mass is 9.49. The lowest BCUT2D eigenvalue weighted by molar-refractivity contribution is -0.202. The van der Waals surface area contributed by atoms with E-state index in [-0.39, 0.29) is 22.9 Å². The SMILES string of the molecule is CO[C@@]12CCC(=O)[C@@H]3Oc4cccc5c4[C@@]31CCN(CC1CC1)[C@@H]2C5. The van der Waals surface area contributed by atoms with Gasteiger partial charge in [-0.3, -0.25) is 9.69 Å². The lowest BCUT2D eigenvalue weighted by Crippen LogP contribution is -2.77. The maximum atomic E-state index is 12.9. The number of carbonyl (C=O) groups excluding carboxylic acids is 1. The Morgan fingerprint density at radius 2 is 2.20 bits per heavy atom. The molecule has 1 aromatic carbocycles. The van der Waals surface area contributed by atoms with Crippen LogP contribution in [0.3, 0.4) is 0 Å². The molecule has 132 valence electrons. The highest BCUT2D eigenvalue weighted by molar-refractivity contribution is 5.89. The summed E-state index contributed by atoms with van der Waals surface area (Å²) in [7, 11) is 1.87. The summed E-state index contributed by atoms with van der Waals surface area (Å²) in [6, 6.07) is 6.76. The van der Waals surface area contributed by atoms with Crippen molar-refractivity contribution in [3.63, 3.8) is 0 Å². The van der Waals surface area contributed by atoms with Crippen molar-refractivity contribution in [2.24, 2.45) is 5.92 Å². The van der Waals surface area contributed by atoms with Crippen molar-refractivity contribution in [2.75, 3.05) is 20.2 Å². The zero-order valence-corrected chi connectivity index (χ0v) is 14.8. The molecule has 0 amide bonds. The van der Waals surface area contributed by atoms with Crippen LogP contribution in [0.5, 0.6) is 5.75 Å². The fraction of sp³-hybridized carbons (Fsp3) is 0.667. The summed E-state index contributed by atoms with van der Waals surface area (Å²) in [5.74, 6) is 2.08. The van der Waals surface area contributed by atoms with Gasteiger partial charge in [0.05, 0.1) is 11.0 Å². The molecule has 4 atom stereocenters. The van der Waals surface area contributed by atoms with E-state index in [0.29, 0.717) is 12.5 Å². The van der Waals surface area contributed by atoms with Crippen LogP contribution in [0.15, 0.2) is 18.2 Å². The average molecular weight is 339 g/mol. The second-order valence-corrected chi connectivity index (χ2v) is 8.73. The molecule has 2 heterocycles. The molecule has 0 unspecified atom stereocenters. The minimum absolute atomic E-state index is 0.270. The van der Waals surface area contributed by atoms with Gasteiger partial charge in [0.25, 0.3) is 0 Å². The molecule has 3 aliphatic carbocycles. The molecular formula is C21H25NO3. The van der Waals surface area contributed by atoms with Crippen LogP contribution in [0.25, 0.3) is 0 Å². The first-order valence-corrected chi connectivity index (χ1v) is 9.80. The number of hydrogen-bond acceptors (Lipinski definition) is 4. The van der Waals surface area contributed by atoms with Gasteiger partial charge in [-0.2, -0.15) is 0 Å². The van der Waals surface area contributed by atoms with Crippen molar-refractivity contribution in [1.82, 2.24) is 4.90 Å². The number of ketones is 1. The molecule has 1 saturated heterocycles. The summed E-state index contributed by atoms with van der Waals surface area (Å²) in [6.07, 6.45) is 5.82. The molecule has 1 spiro atoms. The summed E-state index contributed by atoms with van der Waals surface area (Å²) in [6.45, 7) is 2.26. The van der Waals surface area contributed by atoms with E-state index in [4.69, 9.17) is 9.47 Å². The molecule has 0 radical (unpaired) electrons. The van der Waals surface area contributed by atoms with Gasteiger partial charge in [-0.15, -0.1) is 0 Å². The number of likely N-dealkylation sites (tertiary alicyclic amines) is 1. The maximum Gasteiger partial charge on any atom is 0.174 e. The molecule has 3 fully saturated rings. The number of piperidine rings is 1. The number of hydrogen-bond donors (Lipinski definition) is 0. The van der Waals surface area contributed by atoms with Crippen LogP contribution in [-0.4, -0.2) is 48.6 Å². The van der Waals surface area contributed by atoms with Crippen molar-refractivity contribution in [3.8, 4) is 5.75 Å². The Morgan fingerprint density at radius 1 is 1.32 bits per heavy atom. The van der Waals surface area contributed by atoms with Gasteiger partial charge in [-0.25, -0.2) is 0 Å². The molecule has 25 heavy (non-hydrogen) atoms. The monoisotopic (exact) mass is 339 g/mol. The highest BCUT2D eigenvalue weighted by atomic mass is 16.5. The van der Waals surface area contributed by atoms with Gasteiger partial charge >= 0.3 is 0 Å². The third kappa shape index (κ3) is 1.59. The smallest absolute Gasteiger partial charge is 0.174 e. The Balaban J connectivity index is 1.58. The first-order valence-electron chi connectivity index (χ1n) is 9.80. The van der Waals surface area contributed by atoms with E-state index in [1.54, 1.807) is 0 Å². The number of methoxy groups -OCH3 is 1. The Hall–Kier alpha value is -1.39. The molecule has 6 rings (SSSR count). The van der Waals surface area contributed by atoms with E-state index in [1.165, 1.54) is 30.5 Å². The highest BCUT2D eigenvalue weighted by Gasteiger charge is 2.73. The van der Waals surface area contributed by atoms with Crippen LogP contribution in [0.1, 0.15) is 43.2 Å². The van der Waals surface area contributed by atoms with Crippen molar-refractivity contribution in [1.29, 1.82) is 0 Å². The number of benzene rings is 1. The van der Waals surface area contributed by atoms with Crippen LogP contribution >= 0.6 is 0 Å².